The van der Waals surface area contributed by atoms with E-state index in [4.69, 9.17) is 10.8 Å². The number of carboxylic acids is 1. The molecule has 0 aromatic rings. The molecule has 0 aromatic carbocycles. The van der Waals surface area contributed by atoms with Crippen molar-refractivity contribution in [3.05, 3.63) is 0 Å². The van der Waals surface area contributed by atoms with Crippen LogP contribution in [0.2, 0.25) is 0 Å². The van der Waals surface area contributed by atoms with Crippen molar-refractivity contribution in [2.45, 2.75) is 19.4 Å². The van der Waals surface area contributed by atoms with Gasteiger partial charge in [-0.05, 0) is 13.2 Å². The topological polar surface area (TPSA) is 63.3 Å². The molecule has 2 unspecified atom stereocenters. The van der Waals surface area contributed by atoms with Gasteiger partial charge in [0.25, 0.3) is 0 Å². The van der Waals surface area contributed by atoms with Crippen molar-refractivity contribution in [3.8, 4) is 0 Å². The quantitative estimate of drug-likeness (QED) is 0.666. The molecular weight excluding hydrogens is 162 g/mol. The molecule has 0 aliphatic rings. The number of aliphatic carboxylic acids is 1. The summed E-state index contributed by atoms with van der Waals surface area (Å²) < 4.78 is 0. The minimum Gasteiger partial charge on any atom is -0.481 e. The van der Waals surface area contributed by atoms with E-state index in [0.29, 0.717) is 5.75 Å². The molecule has 66 valence electrons. The third kappa shape index (κ3) is 3.12. The van der Waals surface area contributed by atoms with Crippen molar-refractivity contribution in [1.82, 2.24) is 0 Å². The van der Waals surface area contributed by atoms with Gasteiger partial charge in [0.15, 0.2) is 0 Å². The van der Waals surface area contributed by atoms with Crippen LogP contribution in [0.3, 0.4) is 0 Å². The highest BCUT2D eigenvalue weighted by atomic mass is 32.2. The lowest BCUT2D eigenvalue weighted by Crippen LogP contribution is -2.48. The predicted octanol–water partition coefficient (Wildman–Crippen LogP) is 0.788. The summed E-state index contributed by atoms with van der Waals surface area (Å²) in [4.78, 5) is 10.5. The maximum absolute atomic E-state index is 10.5. The first-order valence-electron chi connectivity index (χ1n) is 3.42. The maximum Gasteiger partial charge on any atom is 0.308 e. The Hall–Kier alpha value is -0.220. The van der Waals surface area contributed by atoms with Gasteiger partial charge >= 0.3 is 5.97 Å². The summed E-state index contributed by atoms with van der Waals surface area (Å²) >= 11 is 1.57. The van der Waals surface area contributed by atoms with Gasteiger partial charge in [-0.2, -0.15) is 11.8 Å². The summed E-state index contributed by atoms with van der Waals surface area (Å²) in [6.07, 6.45) is 1.92. The van der Waals surface area contributed by atoms with Crippen LogP contribution in [0.4, 0.5) is 0 Å². The van der Waals surface area contributed by atoms with Crippen LogP contribution >= 0.6 is 11.8 Å². The molecule has 0 spiro atoms. The van der Waals surface area contributed by atoms with Crippen molar-refractivity contribution in [2.75, 3.05) is 12.0 Å². The molecule has 4 heteroatoms. The van der Waals surface area contributed by atoms with Crippen molar-refractivity contribution in [1.29, 1.82) is 0 Å². The second kappa shape index (κ2) is 3.97. The Morgan fingerprint density at radius 1 is 1.82 bits per heavy atom. The van der Waals surface area contributed by atoms with Crippen LogP contribution in [0.1, 0.15) is 13.8 Å². The zero-order chi connectivity index (χ0) is 9.07. The predicted molar refractivity (Wildman–Crippen MR) is 47.8 cm³/mol. The Balaban J connectivity index is 4.16. The number of carbonyl (C=O) groups is 1. The number of hydrogen-bond acceptors (Lipinski definition) is 3. The number of nitrogens with two attached hydrogens (primary N) is 1. The van der Waals surface area contributed by atoms with E-state index < -0.39 is 17.4 Å². The van der Waals surface area contributed by atoms with Gasteiger partial charge in [-0.25, -0.2) is 0 Å². The summed E-state index contributed by atoms with van der Waals surface area (Å²) in [7, 11) is 0. The first kappa shape index (κ1) is 10.8. The highest BCUT2D eigenvalue weighted by Gasteiger charge is 2.31. The number of thioether (sulfide) groups is 1. The Bertz CT molecular complexity index is 147. The molecule has 0 fully saturated rings. The minimum absolute atomic E-state index is 0.491. The van der Waals surface area contributed by atoms with Gasteiger partial charge in [0.1, 0.15) is 0 Å². The average molecular weight is 177 g/mol. The summed E-state index contributed by atoms with van der Waals surface area (Å²) in [5.41, 5.74) is 5.16. The summed E-state index contributed by atoms with van der Waals surface area (Å²) in [6.45, 7) is 3.40. The van der Waals surface area contributed by atoms with Crippen LogP contribution in [0, 0.1) is 5.92 Å². The van der Waals surface area contributed by atoms with Crippen LogP contribution in [-0.2, 0) is 4.79 Å². The van der Waals surface area contributed by atoms with Gasteiger partial charge in [0, 0.05) is 11.3 Å². The molecule has 0 aliphatic carbocycles. The molecule has 0 rings (SSSR count). The molecule has 0 saturated heterocycles. The fraction of sp³-hybridized carbons (Fsp3) is 0.857. The Labute approximate surface area is 71.3 Å². The van der Waals surface area contributed by atoms with Crippen LogP contribution < -0.4 is 5.73 Å². The standard InChI is InChI=1S/C7H15NO2S/c1-5(6(9)10)7(2,8)4-11-3/h5H,4,8H2,1-3H3,(H,9,10). The fourth-order valence-corrected chi connectivity index (χ4v) is 1.59. The monoisotopic (exact) mass is 177 g/mol. The second-order valence-electron chi connectivity index (χ2n) is 3.00. The highest BCUT2D eigenvalue weighted by molar-refractivity contribution is 7.98. The van der Waals surface area contributed by atoms with Crippen molar-refractivity contribution in [2.24, 2.45) is 11.7 Å². The Kier molecular flexibility index (Phi) is 3.89. The van der Waals surface area contributed by atoms with Gasteiger partial charge in [-0.3, -0.25) is 4.79 Å². The molecule has 0 aliphatic heterocycles. The van der Waals surface area contributed by atoms with Crippen LogP contribution in [0.15, 0.2) is 0 Å². The van der Waals surface area contributed by atoms with Gasteiger partial charge < -0.3 is 10.8 Å². The minimum atomic E-state index is -0.830. The van der Waals surface area contributed by atoms with E-state index >= 15 is 0 Å². The molecule has 0 saturated carbocycles. The largest absolute Gasteiger partial charge is 0.481 e. The molecule has 0 aromatic heterocycles. The normalized spacial score (nSPS) is 18.9. The Morgan fingerprint density at radius 2 is 2.27 bits per heavy atom. The van der Waals surface area contributed by atoms with Crippen LogP contribution in [-0.4, -0.2) is 28.6 Å². The van der Waals surface area contributed by atoms with Gasteiger partial charge in [0.2, 0.25) is 0 Å². The highest BCUT2D eigenvalue weighted by Crippen LogP contribution is 2.18. The molecule has 0 bridgehead atoms. The van der Waals surface area contributed by atoms with E-state index in [2.05, 4.69) is 0 Å². The first-order valence-corrected chi connectivity index (χ1v) is 4.82. The van der Waals surface area contributed by atoms with E-state index in [-0.39, 0.29) is 0 Å². The molecule has 3 N–H and O–H groups in total. The van der Waals surface area contributed by atoms with E-state index in [1.54, 1.807) is 25.6 Å². The third-order valence-electron chi connectivity index (χ3n) is 1.81. The van der Waals surface area contributed by atoms with Gasteiger partial charge in [-0.1, -0.05) is 6.92 Å². The van der Waals surface area contributed by atoms with E-state index in [1.165, 1.54) is 0 Å². The smallest absolute Gasteiger partial charge is 0.308 e. The van der Waals surface area contributed by atoms with E-state index in [0.717, 1.165) is 0 Å². The molecular formula is C7H15NO2S. The molecule has 2 atom stereocenters. The SMILES string of the molecule is CSCC(C)(N)C(C)C(=O)O. The van der Waals surface area contributed by atoms with Gasteiger partial charge in [-0.15, -0.1) is 0 Å². The number of carboxylic acid groups (broad SMARTS) is 1. The lowest BCUT2D eigenvalue weighted by Gasteiger charge is -2.27. The molecule has 0 amide bonds. The summed E-state index contributed by atoms with van der Waals surface area (Å²) in [6, 6.07) is 0. The van der Waals surface area contributed by atoms with Crippen molar-refractivity contribution < 1.29 is 9.90 Å². The number of hydrogen-bond donors (Lipinski definition) is 2. The lowest BCUT2D eigenvalue weighted by molar-refractivity contribution is -0.142. The number of rotatable bonds is 4. The Morgan fingerprint density at radius 3 is 2.55 bits per heavy atom. The molecule has 11 heavy (non-hydrogen) atoms. The van der Waals surface area contributed by atoms with Crippen molar-refractivity contribution >= 4 is 17.7 Å². The zero-order valence-electron chi connectivity index (χ0n) is 7.13. The van der Waals surface area contributed by atoms with E-state index in [9.17, 15) is 4.79 Å². The average Bonchev–Trinajstić information content (AvgIpc) is 1.86. The van der Waals surface area contributed by atoms with Crippen LogP contribution in [0.25, 0.3) is 0 Å². The lowest BCUT2D eigenvalue weighted by atomic mass is 9.90. The maximum atomic E-state index is 10.5. The second-order valence-corrected chi connectivity index (χ2v) is 3.86. The summed E-state index contributed by atoms with van der Waals surface area (Å²) in [5, 5.41) is 8.65. The summed E-state index contributed by atoms with van der Waals surface area (Å²) in [5.74, 6) is -0.653. The first-order chi connectivity index (χ1) is 4.91. The van der Waals surface area contributed by atoms with Crippen LogP contribution in [0.5, 0.6) is 0 Å². The third-order valence-corrected chi connectivity index (χ3v) is 2.73. The molecule has 3 nitrogen and oxygen atoms in total. The van der Waals surface area contributed by atoms with Crippen molar-refractivity contribution in [3.63, 3.8) is 0 Å². The molecule has 0 heterocycles. The zero-order valence-corrected chi connectivity index (χ0v) is 7.94. The fourth-order valence-electron chi connectivity index (χ4n) is 0.718. The molecule has 0 radical (unpaired) electrons. The van der Waals surface area contributed by atoms with Gasteiger partial charge in [0.05, 0.1) is 5.92 Å². The van der Waals surface area contributed by atoms with E-state index in [1.807, 2.05) is 6.26 Å².